The van der Waals surface area contributed by atoms with Crippen molar-refractivity contribution >= 4 is 23.4 Å². The highest BCUT2D eigenvalue weighted by Crippen LogP contribution is 2.20. The lowest BCUT2D eigenvalue weighted by atomic mass is 10.2. The molecule has 0 heterocycles. The van der Waals surface area contributed by atoms with E-state index in [1.165, 1.54) is 6.07 Å². The van der Waals surface area contributed by atoms with Gasteiger partial charge in [0, 0.05) is 12.4 Å². The van der Waals surface area contributed by atoms with E-state index in [0.29, 0.717) is 0 Å². The molecule has 0 fully saturated rings. The van der Waals surface area contributed by atoms with E-state index in [4.69, 9.17) is 16.7 Å². The van der Waals surface area contributed by atoms with E-state index >= 15 is 0 Å². The average Bonchev–Trinajstić information content (AvgIpc) is 2.23. The first-order valence-corrected chi connectivity index (χ1v) is 6.29. The lowest BCUT2D eigenvalue weighted by Crippen LogP contribution is -2.03. The number of rotatable bonds is 5. The molecule has 15 heavy (non-hydrogen) atoms. The fraction of sp³-hybridized carbons (Fsp3) is 0.455. The van der Waals surface area contributed by atoms with Crippen LogP contribution in [0.5, 0.6) is 0 Å². The molecule has 1 nitrogen and oxygen atoms in total. The van der Waals surface area contributed by atoms with Gasteiger partial charge in [-0.05, 0) is 29.4 Å². The van der Waals surface area contributed by atoms with E-state index in [1.54, 1.807) is 17.8 Å². The van der Waals surface area contributed by atoms with Crippen LogP contribution in [0.4, 0.5) is 4.39 Å². The lowest BCUT2D eigenvalue weighted by molar-refractivity contribution is 0.250. The van der Waals surface area contributed by atoms with Crippen LogP contribution in [0.3, 0.4) is 0 Å². The van der Waals surface area contributed by atoms with Crippen molar-refractivity contribution in [3.05, 3.63) is 34.6 Å². The van der Waals surface area contributed by atoms with Crippen LogP contribution in [0.25, 0.3) is 0 Å². The minimum Gasteiger partial charge on any atom is -0.396 e. The molecule has 0 aromatic heterocycles. The Morgan fingerprint density at radius 3 is 2.87 bits per heavy atom. The Bertz CT molecular complexity index is 319. The molecule has 1 aromatic carbocycles. The molecule has 84 valence electrons. The molecule has 1 N–H and O–H groups in total. The summed E-state index contributed by atoms with van der Waals surface area (Å²) in [5, 5.41) is 8.98. The first-order valence-electron chi connectivity index (χ1n) is 4.76. The Labute approximate surface area is 98.6 Å². The lowest BCUT2D eigenvalue weighted by Gasteiger charge is -2.07. The van der Waals surface area contributed by atoms with Crippen molar-refractivity contribution in [2.24, 2.45) is 5.92 Å². The van der Waals surface area contributed by atoms with Gasteiger partial charge in [-0.1, -0.05) is 24.6 Å². The Morgan fingerprint density at radius 2 is 2.27 bits per heavy atom. The molecule has 1 aromatic rings. The molecule has 0 spiro atoms. The maximum atomic E-state index is 13.1. The van der Waals surface area contributed by atoms with Crippen molar-refractivity contribution in [2.75, 3.05) is 12.4 Å². The van der Waals surface area contributed by atoms with Crippen LogP contribution in [0, 0.1) is 11.7 Å². The van der Waals surface area contributed by atoms with Crippen molar-refractivity contribution < 1.29 is 9.50 Å². The summed E-state index contributed by atoms with van der Waals surface area (Å²) < 4.78 is 13.1. The first kappa shape index (κ1) is 12.8. The van der Waals surface area contributed by atoms with Gasteiger partial charge in [0.25, 0.3) is 0 Å². The smallest absolute Gasteiger partial charge is 0.142 e. The van der Waals surface area contributed by atoms with Gasteiger partial charge in [0.2, 0.25) is 0 Å². The summed E-state index contributed by atoms with van der Waals surface area (Å²) in [5.41, 5.74) is 0.923. The topological polar surface area (TPSA) is 20.2 Å². The second-order valence-corrected chi connectivity index (χ2v) is 4.99. The van der Waals surface area contributed by atoms with Gasteiger partial charge in [-0.3, -0.25) is 0 Å². The maximum absolute atomic E-state index is 13.1. The monoisotopic (exact) mass is 248 g/mol. The Kier molecular flexibility index (Phi) is 5.43. The zero-order valence-corrected chi connectivity index (χ0v) is 10.1. The van der Waals surface area contributed by atoms with Crippen LogP contribution in [0.15, 0.2) is 18.2 Å². The highest BCUT2D eigenvalue weighted by atomic mass is 35.5. The fourth-order valence-electron chi connectivity index (χ4n) is 1.06. The molecular formula is C11H14ClFOS. The quantitative estimate of drug-likeness (QED) is 0.863. The van der Waals surface area contributed by atoms with Crippen molar-refractivity contribution in [3.8, 4) is 0 Å². The molecule has 0 aliphatic carbocycles. The summed E-state index contributed by atoms with van der Waals surface area (Å²) in [4.78, 5) is 0. The third-order valence-electron chi connectivity index (χ3n) is 1.97. The third kappa shape index (κ3) is 4.41. The largest absolute Gasteiger partial charge is 0.396 e. The Balaban J connectivity index is 2.41. The van der Waals surface area contributed by atoms with Gasteiger partial charge >= 0.3 is 0 Å². The average molecular weight is 249 g/mol. The van der Waals surface area contributed by atoms with Gasteiger partial charge in [0.15, 0.2) is 0 Å². The number of hydrogen-bond acceptors (Lipinski definition) is 2. The molecule has 1 atom stereocenters. The standard InChI is InChI=1S/C11H14ClFOS/c1-8(5-14)6-15-7-9-2-3-10(12)11(13)4-9/h2-4,8,14H,5-7H2,1H3. The van der Waals surface area contributed by atoms with Gasteiger partial charge in [0.05, 0.1) is 5.02 Å². The fourth-order valence-corrected chi connectivity index (χ4v) is 2.22. The number of hydrogen-bond donors (Lipinski definition) is 1. The van der Waals surface area contributed by atoms with Crippen LogP contribution in [0.2, 0.25) is 5.02 Å². The van der Waals surface area contributed by atoms with Crippen molar-refractivity contribution in [1.29, 1.82) is 0 Å². The molecule has 1 unspecified atom stereocenters. The van der Waals surface area contributed by atoms with E-state index in [0.717, 1.165) is 17.1 Å². The predicted octanol–water partition coefficient (Wildman–Crippen LogP) is 3.34. The van der Waals surface area contributed by atoms with Crippen LogP contribution in [-0.4, -0.2) is 17.5 Å². The number of aliphatic hydroxyl groups is 1. The van der Waals surface area contributed by atoms with Crippen LogP contribution in [0.1, 0.15) is 12.5 Å². The molecule has 0 aliphatic rings. The summed E-state index contributed by atoms with van der Waals surface area (Å²) in [5.74, 6) is 1.54. The maximum Gasteiger partial charge on any atom is 0.142 e. The van der Waals surface area contributed by atoms with E-state index in [9.17, 15) is 4.39 Å². The first-order chi connectivity index (χ1) is 7.13. The molecule has 0 aliphatic heterocycles. The number of benzene rings is 1. The van der Waals surface area contributed by atoms with Gasteiger partial charge in [-0.15, -0.1) is 0 Å². The normalized spacial score (nSPS) is 12.8. The van der Waals surface area contributed by atoms with Crippen molar-refractivity contribution in [3.63, 3.8) is 0 Å². The highest BCUT2D eigenvalue weighted by Gasteiger charge is 2.03. The Hall–Kier alpha value is -0.250. The molecule has 0 saturated heterocycles. The SMILES string of the molecule is CC(CO)CSCc1ccc(Cl)c(F)c1. The molecule has 0 saturated carbocycles. The summed E-state index contributed by atoms with van der Waals surface area (Å²) >= 11 is 7.26. The second kappa shape index (κ2) is 6.36. The Morgan fingerprint density at radius 1 is 1.53 bits per heavy atom. The van der Waals surface area contributed by atoms with Gasteiger partial charge in [-0.25, -0.2) is 4.39 Å². The van der Waals surface area contributed by atoms with E-state index in [1.807, 2.05) is 13.0 Å². The second-order valence-electron chi connectivity index (χ2n) is 3.55. The zero-order chi connectivity index (χ0) is 11.3. The molecule has 0 amide bonds. The molecule has 1 rings (SSSR count). The van der Waals surface area contributed by atoms with Crippen molar-refractivity contribution in [1.82, 2.24) is 0 Å². The van der Waals surface area contributed by atoms with Crippen molar-refractivity contribution in [2.45, 2.75) is 12.7 Å². The summed E-state index contributed by atoms with van der Waals surface area (Å²) in [6.45, 7) is 2.18. The van der Waals surface area contributed by atoms with Gasteiger partial charge in [0.1, 0.15) is 5.82 Å². The molecule has 0 bridgehead atoms. The van der Waals surface area contributed by atoms with Crippen LogP contribution < -0.4 is 0 Å². The minimum atomic E-state index is -0.370. The predicted molar refractivity (Wildman–Crippen MR) is 63.8 cm³/mol. The number of aliphatic hydroxyl groups excluding tert-OH is 1. The number of halogens is 2. The van der Waals surface area contributed by atoms with Gasteiger partial charge < -0.3 is 5.11 Å². The van der Waals surface area contributed by atoms with E-state index in [2.05, 4.69) is 0 Å². The summed E-state index contributed by atoms with van der Waals surface area (Å²) in [6.07, 6.45) is 0. The molecule has 0 radical (unpaired) electrons. The van der Waals surface area contributed by atoms with Crippen LogP contribution in [-0.2, 0) is 5.75 Å². The van der Waals surface area contributed by atoms with Gasteiger partial charge in [-0.2, -0.15) is 11.8 Å². The number of thioether (sulfide) groups is 1. The van der Waals surface area contributed by atoms with E-state index < -0.39 is 0 Å². The van der Waals surface area contributed by atoms with E-state index in [-0.39, 0.29) is 23.4 Å². The highest BCUT2D eigenvalue weighted by molar-refractivity contribution is 7.98. The summed E-state index contributed by atoms with van der Waals surface area (Å²) in [7, 11) is 0. The third-order valence-corrected chi connectivity index (χ3v) is 3.62. The molecular weight excluding hydrogens is 235 g/mol. The van der Waals surface area contributed by atoms with Crippen LogP contribution >= 0.6 is 23.4 Å². The zero-order valence-electron chi connectivity index (χ0n) is 8.54. The molecule has 4 heteroatoms. The minimum absolute atomic E-state index is 0.160. The summed E-state index contributed by atoms with van der Waals surface area (Å²) in [6, 6.07) is 4.85.